The van der Waals surface area contributed by atoms with Gasteiger partial charge in [-0.25, -0.2) is 0 Å². The molecule has 1 atom stereocenters. The summed E-state index contributed by atoms with van der Waals surface area (Å²) in [6.07, 6.45) is 0.649. The van der Waals surface area contributed by atoms with E-state index in [1.165, 1.54) is 0 Å². The Kier molecular flexibility index (Phi) is 5.85. The second-order valence-electron chi connectivity index (χ2n) is 4.16. The summed E-state index contributed by atoms with van der Waals surface area (Å²) >= 11 is 7.64. The molecule has 2 N–H and O–H groups in total. The Labute approximate surface area is 126 Å². The molecule has 0 fully saturated rings. The predicted octanol–water partition coefficient (Wildman–Crippen LogP) is 3.05. The Morgan fingerprint density at radius 3 is 3.00 bits per heavy atom. The van der Waals surface area contributed by atoms with Gasteiger partial charge in [-0.1, -0.05) is 28.9 Å². The van der Waals surface area contributed by atoms with Crippen molar-refractivity contribution >= 4 is 23.4 Å². The van der Waals surface area contributed by atoms with Crippen LogP contribution in [0.5, 0.6) is 0 Å². The molecule has 0 amide bonds. The third-order valence-corrected chi connectivity index (χ3v) is 4.14. The molecule has 7 heteroatoms. The van der Waals surface area contributed by atoms with Crippen molar-refractivity contribution in [1.29, 1.82) is 0 Å². The summed E-state index contributed by atoms with van der Waals surface area (Å²) in [6, 6.07) is 7.36. The first-order valence-electron chi connectivity index (χ1n) is 6.15. The van der Waals surface area contributed by atoms with Gasteiger partial charge in [0.05, 0.1) is 16.8 Å². The fraction of sp³-hybridized carbons (Fsp3) is 0.385. The molecule has 2 aromatic rings. The van der Waals surface area contributed by atoms with Crippen molar-refractivity contribution in [2.75, 3.05) is 13.7 Å². The van der Waals surface area contributed by atoms with Gasteiger partial charge in [-0.2, -0.15) is 4.98 Å². The molecule has 108 valence electrons. The predicted molar refractivity (Wildman–Crippen MR) is 78.7 cm³/mol. The van der Waals surface area contributed by atoms with Crippen molar-refractivity contribution < 1.29 is 9.26 Å². The van der Waals surface area contributed by atoms with Crippen LogP contribution in [0.1, 0.15) is 24.2 Å². The van der Waals surface area contributed by atoms with Crippen LogP contribution in [0.2, 0.25) is 5.02 Å². The van der Waals surface area contributed by atoms with Gasteiger partial charge in [0.25, 0.3) is 0 Å². The van der Waals surface area contributed by atoms with Gasteiger partial charge in [-0.15, -0.1) is 11.8 Å². The first kappa shape index (κ1) is 15.3. The third-order valence-electron chi connectivity index (χ3n) is 2.63. The van der Waals surface area contributed by atoms with Gasteiger partial charge in [-0.05, 0) is 18.6 Å². The van der Waals surface area contributed by atoms with E-state index in [0.29, 0.717) is 30.5 Å². The van der Waals surface area contributed by atoms with E-state index in [2.05, 4.69) is 10.1 Å². The Morgan fingerprint density at radius 1 is 1.45 bits per heavy atom. The third kappa shape index (κ3) is 4.21. The molecule has 0 spiro atoms. The van der Waals surface area contributed by atoms with Crippen molar-refractivity contribution in [1.82, 2.24) is 10.1 Å². The molecule has 1 aromatic heterocycles. The summed E-state index contributed by atoms with van der Waals surface area (Å²) in [5.74, 6) is 1.64. The van der Waals surface area contributed by atoms with E-state index in [4.69, 9.17) is 26.6 Å². The lowest BCUT2D eigenvalue weighted by atomic mass is 10.2. The highest BCUT2D eigenvalue weighted by molar-refractivity contribution is 7.98. The van der Waals surface area contributed by atoms with E-state index in [1.807, 2.05) is 24.3 Å². The van der Waals surface area contributed by atoms with Crippen molar-refractivity contribution in [3.05, 3.63) is 41.0 Å². The van der Waals surface area contributed by atoms with Crippen LogP contribution in [0, 0.1) is 0 Å². The number of aromatic nitrogens is 2. The Bertz CT molecular complexity index is 550. The minimum Gasteiger partial charge on any atom is -0.385 e. The van der Waals surface area contributed by atoms with E-state index in [1.54, 1.807) is 18.9 Å². The second-order valence-corrected chi connectivity index (χ2v) is 5.58. The van der Waals surface area contributed by atoms with Crippen LogP contribution in [-0.2, 0) is 10.5 Å². The van der Waals surface area contributed by atoms with Crippen molar-refractivity contribution in [3.8, 4) is 0 Å². The fourth-order valence-electron chi connectivity index (χ4n) is 1.55. The molecule has 1 unspecified atom stereocenters. The highest BCUT2D eigenvalue weighted by atomic mass is 35.5. The maximum absolute atomic E-state index is 6.08. The van der Waals surface area contributed by atoms with Crippen LogP contribution >= 0.6 is 23.4 Å². The van der Waals surface area contributed by atoms with Gasteiger partial charge in [0.2, 0.25) is 5.89 Å². The van der Waals surface area contributed by atoms with Gasteiger partial charge in [0.1, 0.15) is 0 Å². The van der Waals surface area contributed by atoms with E-state index in [-0.39, 0.29) is 6.04 Å². The molecule has 0 radical (unpaired) electrons. The van der Waals surface area contributed by atoms with Crippen LogP contribution in [0.3, 0.4) is 0 Å². The molecule has 20 heavy (non-hydrogen) atoms. The minimum absolute atomic E-state index is 0.290. The molecule has 0 aliphatic rings. The number of methoxy groups -OCH3 is 1. The highest BCUT2D eigenvalue weighted by Crippen LogP contribution is 2.28. The fourth-order valence-corrected chi connectivity index (χ4v) is 2.63. The topological polar surface area (TPSA) is 74.2 Å². The maximum Gasteiger partial charge on any atom is 0.243 e. The standard InChI is InChI=1S/C13H16ClN3O2S/c1-18-7-6-10(15)13-16-12(17-19-13)8-20-11-5-3-2-4-9(11)14/h2-5,10H,6-8,15H2,1H3. The number of benzene rings is 1. The number of halogens is 1. The average Bonchev–Trinajstić information content (AvgIpc) is 2.93. The second kappa shape index (κ2) is 7.64. The zero-order valence-corrected chi connectivity index (χ0v) is 12.7. The van der Waals surface area contributed by atoms with Gasteiger partial charge >= 0.3 is 0 Å². The number of hydrogen-bond acceptors (Lipinski definition) is 6. The monoisotopic (exact) mass is 313 g/mol. The van der Waals surface area contributed by atoms with E-state index in [9.17, 15) is 0 Å². The number of nitrogens with zero attached hydrogens (tertiary/aromatic N) is 2. The normalized spacial score (nSPS) is 12.6. The zero-order chi connectivity index (χ0) is 14.4. The van der Waals surface area contributed by atoms with E-state index >= 15 is 0 Å². The molecule has 0 aliphatic heterocycles. The van der Waals surface area contributed by atoms with E-state index in [0.717, 1.165) is 9.92 Å². The molecule has 0 aliphatic carbocycles. The van der Waals surface area contributed by atoms with Gasteiger partial charge in [0.15, 0.2) is 5.82 Å². The number of thioether (sulfide) groups is 1. The summed E-state index contributed by atoms with van der Waals surface area (Å²) in [6.45, 7) is 0.563. The molecule has 2 rings (SSSR count). The molecule has 5 nitrogen and oxygen atoms in total. The molecule has 0 saturated carbocycles. The van der Waals surface area contributed by atoms with Crippen molar-refractivity contribution in [3.63, 3.8) is 0 Å². The highest BCUT2D eigenvalue weighted by Gasteiger charge is 2.14. The van der Waals surface area contributed by atoms with Crippen LogP contribution in [0.25, 0.3) is 0 Å². The average molecular weight is 314 g/mol. The summed E-state index contributed by atoms with van der Waals surface area (Å²) in [5, 5.41) is 4.64. The molecule has 1 aromatic carbocycles. The summed E-state index contributed by atoms with van der Waals surface area (Å²) in [4.78, 5) is 5.28. The van der Waals surface area contributed by atoms with Crippen LogP contribution in [0.15, 0.2) is 33.7 Å². The van der Waals surface area contributed by atoms with Crippen LogP contribution in [-0.4, -0.2) is 23.9 Å². The first-order valence-corrected chi connectivity index (χ1v) is 7.51. The smallest absolute Gasteiger partial charge is 0.243 e. The van der Waals surface area contributed by atoms with Gasteiger partial charge < -0.3 is 15.0 Å². The Hall–Kier alpha value is -1.08. The largest absolute Gasteiger partial charge is 0.385 e. The number of hydrogen-bond donors (Lipinski definition) is 1. The number of nitrogens with two attached hydrogens (primary N) is 1. The van der Waals surface area contributed by atoms with Crippen LogP contribution < -0.4 is 5.73 Å². The lowest BCUT2D eigenvalue weighted by molar-refractivity contribution is 0.182. The molecular formula is C13H16ClN3O2S. The quantitative estimate of drug-likeness (QED) is 0.792. The summed E-state index contributed by atoms with van der Waals surface area (Å²) in [5.41, 5.74) is 5.92. The number of rotatable bonds is 7. The summed E-state index contributed by atoms with van der Waals surface area (Å²) < 4.78 is 10.1. The molecule has 0 saturated heterocycles. The van der Waals surface area contributed by atoms with Gasteiger partial charge in [0, 0.05) is 18.6 Å². The van der Waals surface area contributed by atoms with Crippen LogP contribution in [0.4, 0.5) is 0 Å². The van der Waals surface area contributed by atoms with Crippen molar-refractivity contribution in [2.24, 2.45) is 5.73 Å². The Balaban J connectivity index is 1.91. The first-order chi connectivity index (χ1) is 9.70. The minimum atomic E-state index is -0.290. The molecule has 0 bridgehead atoms. The SMILES string of the molecule is COCCC(N)c1nc(CSc2ccccc2Cl)no1. The Morgan fingerprint density at radius 2 is 2.25 bits per heavy atom. The summed E-state index contributed by atoms with van der Waals surface area (Å²) in [7, 11) is 1.63. The lowest BCUT2D eigenvalue weighted by Crippen LogP contribution is -2.13. The maximum atomic E-state index is 6.08. The van der Waals surface area contributed by atoms with Gasteiger partial charge in [-0.3, -0.25) is 0 Å². The lowest BCUT2D eigenvalue weighted by Gasteiger charge is -2.04. The van der Waals surface area contributed by atoms with Crippen molar-refractivity contribution in [2.45, 2.75) is 23.1 Å². The number of ether oxygens (including phenoxy) is 1. The zero-order valence-electron chi connectivity index (χ0n) is 11.1. The molecule has 1 heterocycles. The molecular weight excluding hydrogens is 298 g/mol. The van der Waals surface area contributed by atoms with E-state index < -0.39 is 0 Å².